The highest BCUT2D eigenvalue weighted by Crippen LogP contribution is 2.24. The van der Waals surface area contributed by atoms with Crippen molar-refractivity contribution in [1.29, 1.82) is 0 Å². The minimum atomic E-state index is 0.164. The van der Waals surface area contributed by atoms with Gasteiger partial charge in [-0.05, 0) is 44.2 Å². The summed E-state index contributed by atoms with van der Waals surface area (Å²) in [6, 6.07) is 3.85. The van der Waals surface area contributed by atoms with Crippen molar-refractivity contribution in [3.8, 4) is 5.82 Å². The Morgan fingerprint density at radius 1 is 0.960 bits per heavy atom. The number of carbonyl (C=O) groups excluding carboxylic acids is 1. The van der Waals surface area contributed by atoms with Crippen molar-refractivity contribution in [3.63, 3.8) is 0 Å². The summed E-state index contributed by atoms with van der Waals surface area (Å²) in [5.41, 5.74) is 0. The minimum Gasteiger partial charge on any atom is -0.355 e. The number of rotatable bonds is 3. The maximum absolute atomic E-state index is 12.6. The van der Waals surface area contributed by atoms with Gasteiger partial charge in [0.1, 0.15) is 12.7 Å². The molecule has 0 saturated carbocycles. The second-order valence-electron chi connectivity index (χ2n) is 6.74. The van der Waals surface area contributed by atoms with E-state index in [0.717, 1.165) is 57.7 Å². The number of amides is 1. The lowest BCUT2D eigenvalue weighted by Gasteiger charge is -2.35. The molecule has 0 aromatic carbocycles. The van der Waals surface area contributed by atoms with Crippen molar-refractivity contribution in [2.75, 3.05) is 31.1 Å². The van der Waals surface area contributed by atoms with E-state index in [9.17, 15) is 4.79 Å². The number of aromatic nitrogens is 5. The van der Waals surface area contributed by atoms with Gasteiger partial charge in [-0.3, -0.25) is 4.79 Å². The predicted octanol–water partition coefficient (Wildman–Crippen LogP) is 1.29. The Kier molecular flexibility index (Phi) is 4.58. The Bertz CT molecular complexity index is 686. The second-order valence-corrected chi connectivity index (χ2v) is 6.74. The minimum absolute atomic E-state index is 0.164. The van der Waals surface area contributed by atoms with E-state index < -0.39 is 0 Å². The predicted molar refractivity (Wildman–Crippen MR) is 92.3 cm³/mol. The fraction of sp³-hybridized carbons (Fsp3) is 0.588. The van der Waals surface area contributed by atoms with Crippen LogP contribution in [0.25, 0.3) is 5.82 Å². The van der Waals surface area contributed by atoms with E-state index in [1.807, 2.05) is 12.1 Å². The molecule has 4 rings (SSSR count). The molecule has 8 heteroatoms. The molecule has 4 heterocycles. The molecule has 1 amide bonds. The first kappa shape index (κ1) is 16.0. The summed E-state index contributed by atoms with van der Waals surface area (Å²) in [5.74, 6) is 2.02. The first-order valence-corrected chi connectivity index (χ1v) is 9.04. The fourth-order valence-electron chi connectivity index (χ4n) is 3.66. The molecule has 0 radical (unpaired) electrons. The fourth-order valence-corrected chi connectivity index (χ4v) is 3.66. The van der Waals surface area contributed by atoms with Crippen molar-refractivity contribution in [1.82, 2.24) is 29.9 Å². The van der Waals surface area contributed by atoms with Crippen molar-refractivity contribution < 1.29 is 4.79 Å². The van der Waals surface area contributed by atoms with E-state index in [1.54, 1.807) is 11.0 Å². The summed E-state index contributed by atoms with van der Waals surface area (Å²) in [5, 5.41) is 12.6. The Morgan fingerprint density at radius 2 is 1.68 bits per heavy atom. The molecule has 2 saturated heterocycles. The van der Waals surface area contributed by atoms with Gasteiger partial charge in [0.2, 0.25) is 5.91 Å². The lowest BCUT2D eigenvalue weighted by Crippen LogP contribution is -2.44. The van der Waals surface area contributed by atoms with Crippen LogP contribution in [0.2, 0.25) is 0 Å². The van der Waals surface area contributed by atoms with Crippen LogP contribution in [0.1, 0.15) is 32.1 Å². The van der Waals surface area contributed by atoms with Crippen LogP contribution < -0.4 is 4.90 Å². The molecule has 2 aliphatic rings. The molecule has 2 aliphatic heterocycles. The number of piperidine rings is 2. The molecule has 8 nitrogen and oxygen atoms in total. The molecule has 0 N–H and O–H groups in total. The zero-order valence-corrected chi connectivity index (χ0v) is 14.3. The lowest BCUT2D eigenvalue weighted by atomic mass is 9.94. The molecule has 0 spiro atoms. The van der Waals surface area contributed by atoms with E-state index in [2.05, 4.69) is 30.1 Å². The number of likely N-dealkylation sites (tertiary alicyclic amines) is 1. The number of carbonyl (C=O) groups is 1. The maximum atomic E-state index is 12.6. The van der Waals surface area contributed by atoms with Gasteiger partial charge in [-0.2, -0.15) is 5.10 Å². The highest BCUT2D eigenvalue weighted by molar-refractivity contribution is 5.79. The Hall–Kier alpha value is -2.51. The molecular weight excluding hydrogens is 318 g/mol. The molecule has 0 bridgehead atoms. The number of nitrogens with zero attached hydrogens (tertiary/aromatic N) is 7. The van der Waals surface area contributed by atoms with Crippen molar-refractivity contribution in [3.05, 3.63) is 24.8 Å². The van der Waals surface area contributed by atoms with Gasteiger partial charge < -0.3 is 9.80 Å². The molecule has 2 fully saturated rings. The van der Waals surface area contributed by atoms with Gasteiger partial charge in [0.25, 0.3) is 0 Å². The zero-order chi connectivity index (χ0) is 17.1. The highest BCUT2D eigenvalue weighted by atomic mass is 16.2. The quantitative estimate of drug-likeness (QED) is 0.837. The molecule has 0 atom stereocenters. The third-order valence-electron chi connectivity index (χ3n) is 5.13. The third-order valence-corrected chi connectivity index (χ3v) is 5.13. The smallest absolute Gasteiger partial charge is 0.225 e. The van der Waals surface area contributed by atoms with E-state index in [-0.39, 0.29) is 5.92 Å². The van der Waals surface area contributed by atoms with E-state index in [0.29, 0.717) is 11.7 Å². The molecular formula is C17H23N7O. The van der Waals surface area contributed by atoms with Gasteiger partial charge >= 0.3 is 0 Å². The first-order chi connectivity index (χ1) is 12.3. The van der Waals surface area contributed by atoms with Crippen molar-refractivity contribution >= 4 is 11.7 Å². The molecule has 132 valence electrons. The van der Waals surface area contributed by atoms with E-state index in [1.165, 1.54) is 12.7 Å². The molecule has 2 aromatic rings. The first-order valence-electron chi connectivity index (χ1n) is 9.04. The Labute approximate surface area is 146 Å². The molecule has 0 aliphatic carbocycles. The van der Waals surface area contributed by atoms with Crippen LogP contribution in [0, 0.1) is 5.92 Å². The Balaban J connectivity index is 1.34. The maximum Gasteiger partial charge on any atom is 0.225 e. The topological polar surface area (TPSA) is 80.0 Å². The lowest BCUT2D eigenvalue weighted by molar-refractivity contribution is -0.137. The van der Waals surface area contributed by atoms with Gasteiger partial charge in [-0.1, -0.05) is 0 Å². The summed E-state index contributed by atoms with van der Waals surface area (Å²) < 4.78 is 1.58. The third kappa shape index (κ3) is 3.47. The SMILES string of the molecule is O=C(C1CCN(c2ccc(-n3cncn3)nn2)CC1)N1CCCCC1. The number of hydrogen-bond donors (Lipinski definition) is 0. The normalized spacial score (nSPS) is 19.2. The standard InChI is InChI=1S/C17H23N7O/c25-17(23-8-2-1-3-9-23)14-6-10-22(11-7-14)15-4-5-16(21-20-15)24-13-18-12-19-24/h4-5,12-14H,1-3,6-11H2. The summed E-state index contributed by atoms with van der Waals surface area (Å²) in [6.07, 6.45) is 8.41. The van der Waals surface area contributed by atoms with Gasteiger partial charge in [-0.15, -0.1) is 10.2 Å². The van der Waals surface area contributed by atoms with Crippen molar-refractivity contribution in [2.45, 2.75) is 32.1 Å². The highest BCUT2D eigenvalue weighted by Gasteiger charge is 2.29. The molecule has 0 unspecified atom stereocenters. The zero-order valence-electron chi connectivity index (χ0n) is 14.3. The summed E-state index contributed by atoms with van der Waals surface area (Å²) in [4.78, 5) is 20.8. The van der Waals surface area contributed by atoms with Gasteiger partial charge in [-0.25, -0.2) is 9.67 Å². The summed E-state index contributed by atoms with van der Waals surface area (Å²) in [6.45, 7) is 3.58. The van der Waals surface area contributed by atoms with E-state index >= 15 is 0 Å². The number of anilines is 1. The van der Waals surface area contributed by atoms with Crippen LogP contribution in [0.4, 0.5) is 5.82 Å². The van der Waals surface area contributed by atoms with Gasteiger partial charge in [0.15, 0.2) is 11.6 Å². The van der Waals surface area contributed by atoms with Crippen LogP contribution in [-0.4, -0.2) is 61.9 Å². The van der Waals surface area contributed by atoms with Crippen LogP contribution in [0.5, 0.6) is 0 Å². The Morgan fingerprint density at radius 3 is 2.32 bits per heavy atom. The second kappa shape index (κ2) is 7.16. The van der Waals surface area contributed by atoms with E-state index in [4.69, 9.17) is 0 Å². The van der Waals surface area contributed by atoms with Gasteiger partial charge in [0, 0.05) is 32.1 Å². The monoisotopic (exact) mass is 341 g/mol. The average Bonchev–Trinajstić information content (AvgIpc) is 3.23. The van der Waals surface area contributed by atoms with Gasteiger partial charge in [0.05, 0.1) is 0 Å². The van der Waals surface area contributed by atoms with Crippen LogP contribution in [0.15, 0.2) is 24.8 Å². The summed E-state index contributed by atoms with van der Waals surface area (Å²) in [7, 11) is 0. The summed E-state index contributed by atoms with van der Waals surface area (Å²) >= 11 is 0. The number of hydrogen-bond acceptors (Lipinski definition) is 6. The molecule has 25 heavy (non-hydrogen) atoms. The van der Waals surface area contributed by atoms with Crippen molar-refractivity contribution in [2.24, 2.45) is 5.92 Å². The van der Waals surface area contributed by atoms with Crippen LogP contribution in [-0.2, 0) is 4.79 Å². The largest absolute Gasteiger partial charge is 0.355 e. The average molecular weight is 341 g/mol. The van der Waals surface area contributed by atoms with Crippen LogP contribution >= 0.6 is 0 Å². The van der Waals surface area contributed by atoms with Crippen LogP contribution in [0.3, 0.4) is 0 Å². The molecule has 2 aromatic heterocycles.